The second kappa shape index (κ2) is 8.97. The van der Waals surface area contributed by atoms with Gasteiger partial charge in [0.05, 0.1) is 13.0 Å². The Kier molecular flexibility index (Phi) is 7.64. The number of hydrogen-bond acceptors (Lipinski definition) is 3. The number of benzene rings is 1. The first-order chi connectivity index (χ1) is 10.2. The summed E-state index contributed by atoms with van der Waals surface area (Å²) in [5.41, 5.74) is 2.75. The Bertz CT molecular complexity index is 534. The minimum absolute atomic E-state index is 0. The van der Waals surface area contributed by atoms with E-state index in [2.05, 4.69) is 39.5 Å². The van der Waals surface area contributed by atoms with Gasteiger partial charge >= 0.3 is 5.97 Å². The van der Waals surface area contributed by atoms with E-state index in [9.17, 15) is 4.79 Å². The van der Waals surface area contributed by atoms with Crippen molar-refractivity contribution in [3.05, 3.63) is 35.4 Å². The Morgan fingerprint density at radius 2 is 2.09 bits per heavy atom. The van der Waals surface area contributed by atoms with E-state index in [1.807, 2.05) is 6.92 Å². The Balaban J connectivity index is 0.00000242. The van der Waals surface area contributed by atoms with Crippen LogP contribution in [0.15, 0.2) is 29.3 Å². The monoisotopic (exact) mass is 417 g/mol. The van der Waals surface area contributed by atoms with Gasteiger partial charge in [0.1, 0.15) is 0 Å². The molecule has 0 aliphatic carbocycles. The summed E-state index contributed by atoms with van der Waals surface area (Å²) in [6.45, 7) is 4.15. The number of aliphatic imine (C=N–C) groups is 1. The summed E-state index contributed by atoms with van der Waals surface area (Å²) in [5.74, 6) is 0.436. The van der Waals surface area contributed by atoms with Crippen molar-refractivity contribution in [1.82, 2.24) is 10.2 Å². The van der Waals surface area contributed by atoms with Gasteiger partial charge in [0.2, 0.25) is 0 Å². The molecule has 0 amide bonds. The fraction of sp³-hybridized carbons (Fsp3) is 0.500. The number of nitrogens with one attached hydrogen (secondary N) is 1. The van der Waals surface area contributed by atoms with Gasteiger partial charge in [-0.2, -0.15) is 0 Å². The highest BCUT2D eigenvalue weighted by atomic mass is 127. The lowest BCUT2D eigenvalue weighted by atomic mass is 10.0. The molecule has 1 N–H and O–H groups in total. The normalized spacial score (nSPS) is 15.4. The fourth-order valence-electron chi connectivity index (χ4n) is 2.54. The van der Waals surface area contributed by atoms with Gasteiger partial charge in [-0.05, 0) is 17.5 Å². The lowest BCUT2D eigenvalue weighted by Gasteiger charge is -2.32. The lowest BCUT2D eigenvalue weighted by molar-refractivity contribution is -0.144. The van der Waals surface area contributed by atoms with Gasteiger partial charge in [0, 0.05) is 26.7 Å². The Hall–Kier alpha value is -1.31. The average molecular weight is 417 g/mol. The third-order valence-electron chi connectivity index (χ3n) is 3.81. The second-order valence-electron chi connectivity index (χ2n) is 5.29. The van der Waals surface area contributed by atoms with E-state index >= 15 is 0 Å². The van der Waals surface area contributed by atoms with Crippen molar-refractivity contribution in [2.75, 3.05) is 27.2 Å². The number of ether oxygens (including phenoxy) is 1. The molecule has 122 valence electrons. The van der Waals surface area contributed by atoms with Crippen LogP contribution in [0.4, 0.5) is 0 Å². The number of nitrogens with zero attached hydrogens (tertiary/aromatic N) is 2. The van der Waals surface area contributed by atoms with Crippen LogP contribution >= 0.6 is 24.0 Å². The number of fused-ring (bicyclic) bond motifs is 1. The van der Waals surface area contributed by atoms with E-state index in [1.54, 1.807) is 7.05 Å². The number of hydrogen-bond donors (Lipinski definition) is 1. The maximum atomic E-state index is 11.4. The van der Waals surface area contributed by atoms with Gasteiger partial charge < -0.3 is 15.0 Å². The van der Waals surface area contributed by atoms with Crippen LogP contribution in [0.3, 0.4) is 0 Å². The number of esters is 1. The van der Waals surface area contributed by atoms with Crippen molar-refractivity contribution in [3.63, 3.8) is 0 Å². The van der Waals surface area contributed by atoms with Crippen molar-refractivity contribution in [3.8, 4) is 0 Å². The van der Waals surface area contributed by atoms with Crippen molar-refractivity contribution in [1.29, 1.82) is 0 Å². The second-order valence-corrected chi connectivity index (χ2v) is 5.29. The fourth-order valence-corrected chi connectivity index (χ4v) is 2.54. The zero-order chi connectivity index (χ0) is 15.2. The summed E-state index contributed by atoms with van der Waals surface area (Å²) in [4.78, 5) is 18.0. The van der Waals surface area contributed by atoms with Crippen LogP contribution in [0.2, 0.25) is 0 Å². The largest absolute Gasteiger partial charge is 0.469 e. The highest BCUT2D eigenvalue weighted by molar-refractivity contribution is 14.0. The van der Waals surface area contributed by atoms with Crippen LogP contribution < -0.4 is 5.32 Å². The molecule has 1 unspecified atom stereocenters. The average Bonchev–Trinajstić information content (AvgIpc) is 2.54. The molecule has 5 nitrogen and oxygen atoms in total. The summed E-state index contributed by atoms with van der Waals surface area (Å²) >= 11 is 0. The molecule has 1 aliphatic rings. The zero-order valence-electron chi connectivity index (χ0n) is 13.3. The Morgan fingerprint density at radius 1 is 1.41 bits per heavy atom. The van der Waals surface area contributed by atoms with E-state index in [0.29, 0.717) is 6.54 Å². The number of carbonyl (C=O) groups is 1. The number of halogens is 1. The lowest BCUT2D eigenvalue weighted by Crippen LogP contribution is -2.45. The molecule has 0 radical (unpaired) electrons. The van der Waals surface area contributed by atoms with Crippen LogP contribution in [0.1, 0.15) is 18.1 Å². The summed E-state index contributed by atoms with van der Waals surface area (Å²) < 4.78 is 4.74. The number of guanidine groups is 1. The van der Waals surface area contributed by atoms with Crippen LogP contribution in [0.25, 0.3) is 0 Å². The van der Waals surface area contributed by atoms with Crippen LogP contribution in [-0.4, -0.2) is 44.1 Å². The molecule has 0 spiro atoms. The van der Waals surface area contributed by atoms with Gasteiger partial charge in [-0.25, -0.2) is 0 Å². The summed E-state index contributed by atoms with van der Waals surface area (Å²) in [7, 11) is 3.18. The maximum Gasteiger partial charge on any atom is 0.310 e. The third kappa shape index (κ3) is 4.59. The number of carbonyl (C=O) groups excluding carboxylic acids is 1. The molecule has 0 fully saturated rings. The van der Waals surface area contributed by atoms with Gasteiger partial charge in [-0.15, -0.1) is 24.0 Å². The van der Waals surface area contributed by atoms with E-state index in [4.69, 9.17) is 4.74 Å². The molecule has 6 heteroatoms. The molecule has 2 rings (SSSR count). The minimum atomic E-state index is -0.207. The highest BCUT2D eigenvalue weighted by Crippen LogP contribution is 2.18. The van der Waals surface area contributed by atoms with Crippen molar-refractivity contribution >= 4 is 35.9 Å². The van der Waals surface area contributed by atoms with Crippen LogP contribution in [0.5, 0.6) is 0 Å². The first-order valence-electron chi connectivity index (χ1n) is 7.26. The van der Waals surface area contributed by atoms with Crippen molar-refractivity contribution < 1.29 is 9.53 Å². The van der Waals surface area contributed by atoms with E-state index in [1.165, 1.54) is 18.2 Å². The summed E-state index contributed by atoms with van der Waals surface area (Å²) in [5, 5.41) is 3.26. The summed E-state index contributed by atoms with van der Waals surface area (Å²) in [6, 6.07) is 8.49. The molecule has 1 aliphatic heterocycles. The molecule has 0 saturated carbocycles. The van der Waals surface area contributed by atoms with Gasteiger partial charge in [-0.3, -0.25) is 9.79 Å². The summed E-state index contributed by atoms with van der Waals surface area (Å²) in [6.07, 6.45) is 1.02. The zero-order valence-corrected chi connectivity index (χ0v) is 15.7. The molecular formula is C16H24IN3O2. The molecular weight excluding hydrogens is 393 g/mol. The number of methoxy groups -OCH3 is 1. The molecule has 0 saturated heterocycles. The predicted molar refractivity (Wildman–Crippen MR) is 98.5 cm³/mol. The minimum Gasteiger partial charge on any atom is -0.469 e. The molecule has 1 heterocycles. The third-order valence-corrected chi connectivity index (χ3v) is 3.81. The maximum absolute atomic E-state index is 11.4. The molecule has 0 aromatic heterocycles. The first kappa shape index (κ1) is 18.7. The highest BCUT2D eigenvalue weighted by Gasteiger charge is 2.20. The van der Waals surface area contributed by atoms with E-state index in [0.717, 1.165) is 25.5 Å². The van der Waals surface area contributed by atoms with E-state index < -0.39 is 0 Å². The van der Waals surface area contributed by atoms with Gasteiger partial charge in [0.15, 0.2) is 5.96 Å². The van der Waals surface area contributed by atoms with Gasteiger partial charge in [0.25, 0.3) is 0 Å². The van der Waals surface area contributed by atoms with Crippen molar-refractivity contribution in [2.24, 2.45) is 10.9 Å². The van der Waals surface area contributed by atoms with E-state index in [-0.39, 0.29) is 35.9 Å². The predicted octanol–water partition coefficient (Wildman–Crippen LogP) is 2.05. The molecule has 1 atom stereocenters. The quantitative estimate of drug-likeness (QED) is 0.354. The topological polar surface area (TPSA) is 53.9 Å². The SMILES string of the molecule is CN=C(NCC(C)C(=O)OC)N1CCc2ccccc2C1.I. The molecule has 22 heavy (non-hydrogen) atoms. The van der Waals surface area contributed by atoms with Gasteiger partial charge in [-0.1, -0.05) is 31.2 Å². The molecule has 0 bridgehead atoms. The first-order valence-corrected chi connectivity index (χ1v) is 7.26. The van der Waals surface area contributed by atoms with Crippen molar-refractivity contribution in [2.45, 2.75) is 19.9 Å². The smallest absolute Gasteiger partial charge is 0.310 e. The Labute approximate surface area is 149 Å². The standard InChI is InChI=1S/C16H23N3O2.HI/c1-12(15(20)21-3)10-18-16(17-2)19-9-8-13-6-4-5-7-14(13)11-19;/h4-7,12H,8-11H2,1-3H3,(H,17,18);1H. The van der Waals surface area contributed by atoms with Crippen LogP contribution in [-0.2, 0) is 22.5 Å². The van der Waals surface area contributed by atoms with Crippen LogP contribution in [0, 0.1) is 5.92 Å². The Morgan fingerprint density at radius 3 is 2.73 bits per heavy atom. The molecule has 1 aromatic carbocycles. The molecule has 1 aromatic rings. The number of rotatable bonds is 3.